The Morgan fingerprint density at radius 2 is 1.07 bits per heavy atom. The fourth-order valence-corrected chi connectivity index (χ4v) is 1.60. The van der Waals surface area contributed by atoms with Gasteiger partial charge in [-0.05, 0) is 43.3 Å². The molecule has 2 aromatic rings. The maximum absolute atomic E-state index is 12.0. The van der Waals surface area contributed by atoms with Gasteiger partial charge in [0.15, 0.2) is 0 Å². The van der Waals surface area contributed by atoms with Crippen LogP contribution in [0.15, 0.2) is 48.5 Å². The summed E-state index contributed by atoms with van der Waals surface area (Å²) in [5.41, 5.74) is -0.638. The number of nitrogens with one attached hydrogen (secondary N) is 1. The highest BCUT2D eigenvalue weighted by Gasteiger charge is 2.30. The molecule has 2 rings (SSSR count). The molecule has 1 N–H and O–H groups in total. The van der Waals surface area contributed by atoms with E-state index in [-0.39, 0.29) is 11.8 Å². The lowest BCUT2D eigenvalue weighted by molar-refractivity contribution is -0.191. The first-order chi connectivity index (χ1) is 13.8. The van der Waals surface area contributed by atoms with Crippen LogP contribution in [0.4, 0.5) is 41.2 Å². The van der Waals surface area contributed by atoms with Crippen LogP contribution in [-0.2, 0) is 21.9 Å². The molecule has 11 heteroatoms. The van der Waals surface area contributed by atoms with E-state index in [1.807, 2.05) is 13.8 Å². The normalized spacial score (nSPS) is 9.93. The van der Waals surface area contributed by atoms with Crippen LogP contribution < -0.4 is 5.32 Å². The number of rotatable bonds is 1. The summed E-state index contributed by atoms with van der Waals surface area (Å²) in [6.45, 7) is 5.75. The fraction of sp³-hybridized carbons (Fsp3) is 0.263. The number of aryl methyl sites for hydroxylation is 1. The highest BCUT2D eigenvalue weighted by molar-refractivity contribution is 5.83. The first-order valence-electron chi connectivity index (χ1n) is 8.08. The summed E-state index contributed by atoms with van der Waals surface area (Å²) in [6, 6.07) is 8.51. The summed E-state index contributed by atoms with van der Waals surface area (Å²) in [5.74, 6) is 0. The lowest BCUT2D eigenvalue weighted by Crippen LogP contribution is -2.06. The van der Waals surface area contributed by atoms with Crippen molar-refractivity contribution >= 4 is 18.0 Å². The monoisotopic (exact) mass is 441 g/mol. The van der Waals surface area contributed by atoms with Gasteiger partial charge in [0.25, 0.3) is 0 Å². The second kappa shape index (κ2) is 13.9. The van der Waals surface area contributed by atoms with Crippen LogP contribution in [0.2, 0.25) is 0 Å². The zero-order valence-electron chi connectivity index (χ0n) is 16.0. The molecule has 0 heterocycles. The Balaban J connectivity index is 0. The van der Waals surface area contributed by atoms with E-state index in [2.05, 4.69) is 0 Å². The summed E-state index contributed by atoms with van der Waals surface area (Å²) >= 11 is 0. The Kier molecular flexibility index (Phi) is 13.4. The standard InChI is InChI=1S/C8H5F4NO.C8H7F3.C2H6.CO2/c9-7(14)13-6-3-1-5(2-4-6)8(10,11)12;1-6-2-4-7(5-3-6)8(9,10)11;1-2;2-1-3/h1-4H,(H,13,14);2-5H,1H3;1-2H3;. The van der Waals surface area contributed by atoms with Gasteiger partial charge in [0, 0.05) is 5.69 Å². The Bertz CT molecular complexity index is 778. The molecule has 0 spiro atoms. The number of carbonyl (C=O) groups excluding carboxylic acids is 3. The van der Waals surface area contributed by atoms with Crippen LogP contribution in [0, 0.1) is 6.92 Å². The van der Waals surface area contributed by atoms with Gasteiger partial charge in [-0.2, -0.15) is 35.9 Å². The molecule has 0 bridgehead atoms. The lowest BCUT2D eigenvalue weighted by atomic mass is 10.1. The van der Waals surface area contributed by atoms with Crippen LogP contribution in [0.3, 0.4) is 0 Å². The molecule has 0 unspecified atom stereocenters. The van der Waals surface area contributed by atoms with Crippen LogP contribution in [-0.4, -0.2) is 12.3 Å². The lowest BCUT2D eigenvalue weighted by Gasteiger charge is -2.06. The number of anilines is 1. The first-order valence-corrected chi connectivity index (χ1v) is 8.08. The van der Waals surface area contributed by atoms with Crippen molar-refractivity contribution in [3.63, 3.8) is 0 Å². The van der Waals surface area contributed by atoms with Gasteiger partial charge >= 0.3 is 24.7 Å². The second-order valence-corrected chi connectivity index (χ2v) is 4.92. The molecule has 0 aliphatic carbocycles. The minimum absolute atomic E-state index is 0.0227. The third-order valence-electron chi connectivity index (χ3n) is 2.83. The van der Waals surface area contributed by atoms with Crippen LogP contribution in [0.5, 0.6) is 0 Å². The van der Waals surface area contributed by atoms with Gasteiger partial charge in [-0.15, -0.1) is 4.39 Å². The molecule has 1 amide bonds. The third kappa shape index (κ3) is 13.1. The Morgan fingerprint density at radius 1 is 0.767 bits per heavy atom. The minimum atomic E-state index is -4.43. The number of hydrogen-bond acceptors (Lipinski definition) is 3. The number of amides is 1. The van der Waals surface area contributed by atoms with Crippen molar-refractivity contribution < 1.29 is 45.1 Å². The van der Waals surface area contributed by atoms with E-state index in [0.29, 0.717) is 0 Å². The average Bonchev–Trinajstić information content (AvgIpc) is 2.63. The predicted molar refractivity (Wildman–Crippen MR) is 94.1 cm³/mol. The van der Waals surface area contributed by atoms with Gasteiger partial charge in [-0.3, -0.25) is 5.32 Å². The molecule has 166 valence electrons. The Labute approximate surface area is 167 Å². The molecule has 0 saturated carbocycles. The summed E-state index contributed by atoms with van der Waals surface area (Å²) in [7, 11) is 0. The van der Waals surface area contributed by atoms with Gasteiger partial charge in [-0.25, -0.2) is 4.79 Å². The fourth-order valence-electron chi connectivity index (χ4n) is 1.60. The van der Waals surface area contributed by atoms with Gasteiger partial charge in [0.1, 0.15) is 0 Å². The van der Waals surface area contributed by atoms with Crippen LogP contribution >= 0.6 is 0 Å². The van der Waals surface area contributed by atoms with E-state index in [1.54, 1.807) is 12.2 Å². The maximum atomic E-state index is 12.0. The predicted octanol–water partition coefficient (Wildman–Crippen LogP) is 6.66. The van der Waals surface area contributed by atoms with Crippen molar-refractivity contribution in [1.29, 1.82) is 0 Å². The van der Waals surface area contributed by atoms with Crippen molar-refractivity contribution in [2.45, 2.75) is 33.1 Å². The first kappa shape index (κ1) is 29.0. The number of alkyl halides is 6. The second-order valence-electron chi connectivity index (χ2n) is 4.92. The highest BCUT2D eigenvalue weighted by atomic mass is 19.4. The van der Waals surface area contributed by atoms with Crippen molar-refractivity contribution in [2.75, 3.05) is 5.32 Å². The molecule has 0 aliphatic rings. The number of benzene rings is 2. The molecule has 2 aromatic carbocycles. The van der Waals surface area contributed by atoms with Gasteiger partial charge < -0.3 is 0 Å². The Morgan fingerprint density at radius 3 is 1.33 bits per heavy atom. The largest absolute Gasteiger partial charge is 0.416 e. The summed E-state index contributed by atoms with van der Waals surface area (Å²) < 4.78 is 83.6. The molecule has 0 atom stereocenters. The van der Waals surface area contributed by atoms with E-state index in [9.17, 15) is 35.5 Å². The van der Waals surface area contributed by atoms with E-state index in [4.69, 9.17) is 9.59 Å². The van der Waals surface area contributed by atoms with Crippen molar-refractivity contribution in [3.8, 4) is 0 Å². The minimum Gasteiger partial charge on any atom is -0.298 e. The third-order valence-corrected chi connectivity index (χ3v) is 2.83. The van der Waals surface area contributed by atoms with Crippen LogP contribution in [0.1, 0.15) is 30.5 Å². The number of halogens is 7. The molecule has 0 fully saturated rings. The van der Waals surface area contributed by atoms with E-state index < -0.39 is 29.6 Å². The molecule has 0 aromatic heterocycles. The zero-order chi connectivity index (χ0) is 24.0. The van der Waals surface area contributed by atoms with Crippen molar-refractivity contribution in [1.82, 2.24) is 0 Å². The van der Waals surface area contributed by atoms with E-state index in [0.717, 1.165) is 42.0 Å². The molecule has 0 aliphatic heterocycles. The Hall–Kier alpha value is -3.20. The van der Waals surface area contributed by atoms with E-state index >= 15 is 0 Å². The number of carbonyl (C=O) groups is 1. The maximum Gasteiger partial charge on any atom is 0.416 e. The molecule has 0 radical (unpaired) electrons. The molecular formula is C19H18F7NO3. The zero-order valence-corrected chi connectivity index (χ0v) is 16.0. The summed E-state index contributed by atoms with van der Waals surface area (Å²) in [4.78, 5) is 26.1. The highest BCUT2D eigenvalue weighted by Crippen LogP contribution is 2.30. The quantitative estimate of drug-likeness (QED) is 0.306. The topological polar surface area (TPSA) is 63.2 Å². The van der Waals surface area contributed by atoms with Gasteiger partial charge in [-0.1, -0.05) is 31.5 Å². The van der Waals surface area contributed by atoms with Gasteiger partial charge in [0.05, 0.1) is 11.1 Å². The molecular weight excluding hydrogens is 423 g/mol. The number of hydrogen-bond donors (Lipinski definition) is 1. The molecule has 0 saturated heterocycles. The average molecular weight is 441 g/mol. The van der Waals surface area contributed by atoms with Crippen LogP contribution in [0.25, 0.3) is 0 Å². The molecule has 4 nitrogen and oxygen atoms in total. The molecule has 30 heavy (non-hydrogen) atoms. The van der Waals surface area contributed by atoms with Gasteiger partial charge in [0.2, 0.25) is 0 Å². The summed E-state index contributed by atoms with van der Waals surface area (Å²) in [5, 5.41) is 1.71. The van der Waals surface area contributed by atoms with E-state index in [1.165, 1.54) is 12.1 Å². The van der Waals surface area contributed by atoms with Crippen molar-refractivity contribution in [2.24, 2.45) is 0 Å². The smallest absolute Gasteiger partial charge is 0.298 e. The SMILES string of the molecule is CC.Cc1ccc(C(F)(F)F)cc1.O=C(F)Nc1ccc(C(F)(F)F)cc1.O=C=O. The van der Waals surface area contributed by atoms with Crippen molar-refractivity contribution in [3.05, 3.63) is 65.2 Å². The summed E-state index contributed by atoms with van der Waals surface area (Å²) in [6.07, 6.45) is -10.2.